The Bertz CT molecular complexity index is 734. The summed E-state index contributed by atoms with van der Waals surface area (Å²) < 4.78 is 15.2. The van der Waals surface area contributed by atoms with Gasteiger partial charge >= 0.3 is 0 Å². The molecule has 102 valence electrons. The van der Waals surface area contributed by atoms with Crippen LogP contribution in [0.15, 0.2) is 48.5 Å². The van der Waals surface area contributed by atoms with Crippen molar-refractivity contribution in [2.24, 2.45) is 0 Å². The van der Waals surface area contributed by atoms with Gasteiger partial charge in [-0.3, -0.25) is 0 Å². The predicted octanol–water partition coefficient (Wildman–Crippen LogP) is 4.52. The van der Waals surface area contributed by atoms with E-state index in [-0.39, 0.29) is 11.9 Å². The quantitative estimate of drug-likeness (QED) is 0.648. The molecule has 0 N–H and O–H groups in total. The van der Waals surface area contributed by atoms with Crippen molar-refractivity contribution in [3.8, 4) is 0 Å². The van der Waals surface area contributed by atoms with Crippen LogP contribution in [-0.4, -0.2) is 9.55 Å². The predicted molar refractivity (Wildman–Crippen MR) is 79.5 cm³/mol. The highest BCUT2D eigenvalue weighted by Crippen LogP contribution is 2.26. The first kappa shape index (κ1) is 13.1. The molecule has 1 atom stereocenters. The zero-order chi connectivity index (χ0) is 14.1. The van der Waals surface area contributed by atoms with Crippen molar-refractivity contribution >= 4 is 22.6 Å². The minimum absolute atomic E-state index is 0.0525. The van der Waals surface area contributed by atoms with Gasteiger partial charge in [0.05, 0.1) is 23.0 Å². The van der Waals surface area contributed by atoms with Crippen LogP contribution in [0.1, 0.15) is 24.4 Å². The number of aromatic nitrogens is 2. The van der Waals surface area contributed by atoms with Crippen molar-refractivity contribution in [2.75, 3.05) is 0 Å². The molecule has 0 aliphatic heterocycles. The maximum Gasteiger partial charge on any atom is 0.125 e. The Balaban J connectivity index is 2.15. The summed E-state index contributed by atoms with van der Waals surface area (Å²) >= 11 is 6.02. The third-order valence-corrected chi connectivity index (χ3v) is 3.77. The van der Waals surface area contributed by atoms with Gasteiger partial charge in [-0.15, -0.1) is 11.6 Å². The van der Waals surface area contributed by atoms with Gasteiger partial charge in [0.2, 0.25) is 0 Å². The molecule has 1 aromatic heterocycles. The van der Waals surface area contributed by atoms with Crippen molar-refractivity contribution in [3.05, 3.63) is 65.7 Å². The van der Waals surface area contributed by atoms with Crippen LogP contribution in [0.25, 0.3) is 11.0 Å². The van der Waals surface area contributed by atoms with Crippen LogP contribution in [0.5, 0.6) is 0 Å². The highest BCUT2D eigenvalue weighted by Gasteiger charge is 2.16. The summed E-state index contributed by atoms with van der Waals surface area (Å²) in [6.45, 7) is 2.07. The second-order valence-corrected chi connectivity index (χ2v) is 5.02. The summed E-state index contributed by atoms with van der Waals surface area (Å²) in [6, 6.07) is 14.5. The third-order valence-electron chi connectivity index (χ3n) is 3.53. The SMILES string of the molecule is CC(c1ccc(F)cc1)n1c(CCl)nc2ccccc21. The molecule has 0 amide bonds. The van der Waals surface area contributed by atoms with E-state index in [1.807, 2.05) is 24.3 Å². The summed E-state index contributed by atoms with van der Waals surface area (Å²) in [7, 11) is 0. The number of rotatable bonds is 3. The molecule has 2 aromatic carbocycles. The number of hydrogen-bond donors (Lipinski definition) is 0. The van der Waals surface area contributed by atoms with E-state index in [1.165, 1.54) is 12.1 Å². The molecule has 4 heteroatoms. The molecule has 0 spiro atoms. The highest BCUT2D eigenvalue weighted by atomic mass is 35.5. The fourth-order valence-corrected chi connectivity index (χ4v) is 2.70. The van der Waals surface area contributed by atoms with Gasteiger partial charge in [-0.25, -0.2) is 9.37 Å². The number of halogens is 2. The Labute approximate surface area is 121 Å². The minimum atomic E-state index is -0.228. The second kappa shape index (κ2) is 5.25. The first-order valence-electron chi connectivity index (χ1n) is 6.48. The van der Waals surface area contributed by atoms with Crippen LogP contribution in [-0.2, 0) is 5.88 Å². The molecule has 0 saturated heterocycles. The van der Waals surface area contributed by atoms with Gasteiger partial charge in [-0.2, -0.15) is 0 Å². The molecule has 1 unspecified atom stereocenters. The number of fused-ring (bicyclic) bond motifs is 1. The fraction of sp³-hybridized carbons (Fsp3) is 0.188. The van der Waals surface area contributed by atoms with Gasteiger partial charge < -0.3 is 4.57 Å². The normalized spacial score (nSPS) is 12.8. The van der Waals surface area contributed by atoms with E-state index in [1.54, 1.807) is 12.1 Å². The number of para-hydroxylation sites is 2. The van der Waals surface area contributed by atoms with Crippen LogP contribution < -0.4 is 0 Å². The topological polar surface area (TPSA) is 17.8 Å². The molecule has 0 aliphatic carbocycles. The van der Waals surface area contributed by atoms with Crippen molar-refractivity contribution in [1.29, 1.82) is 0 Å². The summed E-state index contributed by atoms with van der Waals surface area (Å²) in [5.74, 6) is 0.943. The van der Waals surface area contributed by atoms with Crippen LogP contribution in [0.4, 0.5) is 4.39 Å². The zero-order valence-corrected chi connectivity index (χ0v) is 11.8. The van der Waals surface area contributed by atoms with E-state index >= 15 is 0 Å². The summed E-state index contributed by atoms with van der Waals surface area (Å²) in [5.41, 5.74) is 3.00. The number of hydrogen-bond acceptors (Lipinski definition) is 1. The first-order valence-corrected chi connectivity index (χ1v) is 7.01. The standard InChI is InChI=1S/C16H14ClFN2/c1-11(12-6-8-13(18)9-7-12)20-15-5-3-2-4-14(15)19-16(20)10-17/h2-9,11H,10H2,1H3. The third kappa shape index (κ3) is 2.18. The van der Waals surface area contributed by atoms with E-state index in [4.69, 9.17) is 11.6 Å². The average Bonchev–Trinajstić information content (AvgIpc) is 2.85. The summed E-state index contributed by atoms with van der Waals surface area (Å²) in [6.07, 6.45) is 0. The molecule has 3 aromatic rings. The van der Waals surface area contributed by atoms with E-state index in [0.717, 1.165) is 22.4 Å². The van der Waals surface area contributed by atoms with Gasteiger partial charge in [-0.05, 0) is 36.8 Å². The molecular weight excluding hydrogens is 275 g/mol. The van der Waals surface area contributed by atoms with E-state index < -0.39 is 0 Å². The van der Waals surface area contributed by atoms with E-state index in [2.05, 4.69) is 16.5 Å². The first-order chi connectivity index (χ1) is 9.70. The lowest BCUT2D eigenvalue weighted by Crippen LogP contribution is -2.09. The Morgan fingerprint density at radius 1 is 1.15 bits per heavy atom. The number of nitrogens with zero attached hydrogens (tertiary/aromatic N) is 2. The fourth-order valence-electron chi connectivity index (χ4n) is 2.51. The molecule has 0 aliphatic rings. The lowest BCUT2D eigenvalue weighted by molar-refractivity contribution is 0.614. The second-order valence-electron chi connectivity index (χ2n) is 4.75. The molecule has 0 fully saturated rings. The smallest absolute Gasteiger partial charge is 0.125 e. The van der Waals surface area contributed by atoms with Gasteiger partial charge in [0.1, 0.15) is 11.6 Å². The van der Waals surface area contributed by atoms with Gasteiger partial charge in [0.15, 0.2) is 0 Å². The van der Waals surface area contributed by atoms with E-state index in [9.17, 15) is 4.39 Å². The van der Waals surface area contributed by atoms with Gasteiger partial charge in [0, 0.05) is 0 Å². The Morgan fingerprint density at radius 3 is 2.55 bits per heavy atom. The lowest BCUT2D eigenvalue weighted by atomic mass is 10.1. The summed E-state index contributed by atoms with van der Waals surface area (Å²) in [5, 5.41) is 0. The largest absolute Gasteiger partial charge is 0.320 e. The number of imidazole rings is 1. The molecule has 0 bridgehead atoms. The van der Waals surface area contributed by atoms with Crippen LogP contribution >= 0.6 is 11.6 Å². The van der Waals surface area contributed by atoms with Crippen LogP contribution in [0, 0.1) is 5.82 Å². The van der Waals surface area contributed by atoms with Crippen molar-refractivity contribution in [3.63, 3.8) is 0 Å². The molecule has 3 rings (SSSR count). The number of benzene rings is 2. The Kier molecular flexibility index (Phi) is 3.45. The average molecular weight is 289 g/mol. The Hall–Kier alpha value is -1.87. The minimum Gasteiger partial charge on any atom is -0.320 e. The molecule has 0 radical (unpaired) electrons. The van der Waals surface area contributed by atoms with Crippen molar-refractivity contribution in [1.82, 2.24) is 9.55 Å². The van der Waals surface area contributed by atoms with Crippen molar-refractivity contribution in [2.45, 2.75) is 18.8 Å². The van der Waals surface area contributed by atoms with Crippen molar-refractivity contribution < 1.29 is 4.39 Å². The molecule has 2 nitrogen and oxygen atoms in total. The van der Waals surface area contributed by atoms with E-state index in [0.29, 0.717) is 5.88 Å². The molecular formula is C16H14ClFN2. The monoisotopic (exact) mass is 288 g/mol. The number of alkyl halides is 1. The maximum atomic E-state index is 13.1. The lowest BCUT2D eigenvalue weighted by Gasteiger charge is -2.17. The molecule has 0 saturated carbocycles. The molecule has 1 heterocycles. The van der Waals surface area contributed by atoms with Gasteiger partial charge in [0.25, 0.3) is 0 Å². The summed E-state index contributed by atoms with van der Waals surface area (Å²) in [4.78, 5) is 4.55. The highest BCUT2D eigenvalue weighted by molar-refractivity contribution is 6.16. The maximum absolute atomic E-state index is 13.1. The zero-order valence-electron chi connectivity index (χ0n) is 11.1. The van der Waals surface area contributed by atoms with Crippen LogP contribution in [0.3, 0.4) is 0 Å². The Morgan fingerprint density at radius 2 is 1.85 bits per heavy atom. The van der Waals surface area contributed by atoms with Gasteiger partial charge in [-0.1, -0.05) is 24.3 Å². The molecule has 20 heavy (non-hydrogen) atoms. The van der Waals surface area contributed by atoms with Crippen LogP contribution in [0.2, 0.25) is 0 Å².